The molecular formula is C26H30N8Na2O16. The fourth-order valence-corrected chi connectivity index (χ4v) is 5.15. The summed E-state index contributed by atoms with van der Waals surface area (Å²) in [5.74, 6) is -4.64. The van der Waals surface area contributed by atoms with Gasteiger partial charge in [0, 0.05) is 0 Å². The van der Waals surface area contributed by atoms with Crippen molar-refractivity contribution in [3.8, 4) is 23.8 Å². The van der Waals surface area contributed by atoms with Crippen LogP contribution in [0.1, 0.15) is 26.3 Å². The molecule has 2 unspecified atom stereocenters. The normalized spacial score (nSPS) is 26.5. The summed E-state index contributed by atoms with van der Waals surface area (Å²) in [7, 11) is 0. The van der Waals surface area contributed by atoms with Gasteiger partial charge in [0.05, 0.1) is 37.8 Å². The first-order chi connectivity index (χ1) is 23.7. The maximum atomic E-state index is 10.8. The first kappa shape index (κ1) is 43.3. The Hall–Kier alpha value is -3.08. The monoisotopic (exact) mass is 756 g/mol. The molecule has 0 amide bonds. The molecule has 0 spiro atoms. The minimum absolute atomic E-state index is 0. The number of aromatic nitrogens is 8. The Kier molecular flexibility index (Phi) is 14.9. The molecule has 8 N–H and O–H groups in total. The number of hydrogen-bond donors (Lipinski definition) is 8. The van der Waals surface area contributed by atoms with Gasteiger partial charge in [-0.25, -0.2) is 9.97 Å². The topological polar surface area (TPSA) is 366 Å². The molecule has 52 heavy (non-hydrogen) atoms. The molecule has 10 atom stereocenters. The molecule has 4 aromatic heterocycles. The summed E-state index contributed by atoms with van der Waals surface area (Å²) in [4.78, 5) is 44.8. The molecule has 0 aromatic carbocycles. The van der Waals surface area contributed by atoms with E-state index < -0.39 is 85.0 Å². The number of aliphatic hydroxyl groups excluding tert-OH is 6. The molecule has 6 rings (SSSR count). The average molecular weight is 757 g/mol. The van der Waals surface area contributed by atoms with E-state index in [0.717, 1.165) is 21.8 Å². The van der Waals surface area contributed by atoms with Crippen molar-refractivity contribution in [2.75, 3.05) is 13.2 Å². The Bertz CT molecular complexity index is 1740. The van der Waals surface area contributed by atoms with Crippen molar-refractivity contribution in [2.45, 2.75) is 75.1 Å². The Morgan fingerprint density at radius 2 is 1.06 bits per heavy atom. The third-order valence-corrected chi connectivity index (χ3v) is 7.52. The maximum absolute atomic E-state index is 10.8. The molecule has 26 heteroatoms. The van der Waals surface area contributed by atoms with E-state index >= 15 is 0 Å². The van der Waals surface area contributed by atoms with Crippen molar-refractivity contribution in [1.29, 1.82) is 0 Å². The molecular weight excluding hydrogens is 726 g/mol. The zero-order valence-corrected chi connectivity index (χ0v) is 31.8. The van der Waals surface area contributed by atoms with Crippen molar-refractivity contribution in [2.24, 2.45) is 0 Å². The van der Waals surface area contributed by atoms with Crippen LogP contribution in [0.15, 0.2) is 12.7 Å². The van der Waals surface area contributed by atoms with Crippen LogP contribution in [0.4, 0.5) is 0 Å². The number of hydrogen-bond acceptors (Lipinski definition) is 22. The predicted octanol–water partition coefficient (Wildman–Crippen LogP) is -12.7. The van der Waals surface area contributed by atoms with Crippen molar-refractivity contribution in [3.63, 3.8) is 0 Å². The second-order valence-corrected chi connectivity index (χ2v) is 10.6. The number of fused-ring (bicyclic) bond motifs is 2. The number of aliphatic carboxylic acids is 2. The number of aromatic hydroxyl groups is 2. The molecule has 2 aliphatic heterocycles. The largest absolute Gasteiger partial charge is 1.00 e. The summed E-state index contributed by atoms with van der Waals surface area (Å²) < 4.78 is 23.1. The van der Waals surface area contributed by atoms with E-state index in [1.807, 2.05) is 0 Å². The molecule has 24 nitrogen and oxygen atoms in total. The average Bonchev–Trinajstić information content (AvgIpc) is 3.82. The standard InChI is InChI=1S/2C13H16N4O8.2Na/c2*1-2-24-13-15-9-4(10(21)16-13)14-3-17(9)11-6(19)5(18)8(25-11)7(20)12(22)23;;/h2*3,5-8,11,18-20H,2H2,1H3,(H,22,23)(H,15,16,21);;/q;;2*+1/p-2/t2*5-,6+,7?,8-,11+;;/m00../s1. The summed E-state index contributed by atoms with van der Waals surface area (Å²) in [6.45, 7) is 3.85. The number of ether oxygens (including phenoxy) is 4. The van der Waals surface area contributed by atoms with E-state index in [1.165, 1.54) is 0 Å². The van der Waals surface area contributed by atoms with Gasteiger partial charge in [0.15, 0.2) is 34.8 Å². The summed E-state index contributed by atoms with van der Waals surface area (Å²) in [5, 5.41) is 101. The SMILES string of the molecule is CCOc1nc(O)c2ncn([C@@H]3O[C@H](C(O)C(=O)[O-])[C@@H](O)[C@H]3O)c2n1.CCOc1nc(O)c2ncn([C@@H]3O[C@H](C(O)C(=O)[O-])[C@@H](O)[C@H]3O)c2n1.[Na+].[Na+]. The minimum atomic E-state index is -2.15. The first-order valence-electron chi connectivity index (χ1n) is 14.6. The van der Waals surface area contributed by atoms with Gasteiger partial charge in [0.25, 0.3) is 0 Å². The smallest absolute Gasteiger partial charge is 0.547 e. The number of carbonyl (C=O) groups is 2. The molecule has 0 saturated carbocycles. The van der Waals surface area contributed by atoms with Gasteiger partial charge >= 0.3 is 71.1 Å². The Morgan fingerprint density at radius 3 is 1.37 bits per heavy atom. The first-order valence-corrected chi connectivity index (χ1v) is 14.6. The fraction of sp³-hybridized carbons (Fsp3) is 0.538. The van der Waals surface area contributed by atoms with E-state index in [9.17, 15) is 60.7 Å². The summed E-state index contributed by atoms with van der Waals surface area (Å²) >= 11 is 0. The van der Waals surface area contributed by atoms with Crippen LogP contribution in [0.25, 0.3) is 22.3 Å². The van der Waals surface area contributed by atoms with Crippen LogP contribution >= 0.6 is 0 Å². The summed E-state index contributed by atoms with van der Waals surface area (Å²) in [6, 6.07) is -0.290. The van der Waals surface area contributed by atoms with Gasteiger partial charge in [-0.05, 0) is 13.8 Å². The van der Waals surface area contributed by atoms with Crippen LogP contribution in [0.3, 0.4) is 0 Å². The minimum Gasteiger partial charge on any atom is -0.547 e. The van der Waals surface area contributed by atoms with Gasteiger partial charge in [0.1, 0.15) is 48.8 Å². The second-order valence-electron chi connectivity index (χ2n) is 10.6. The van der Waals surface area contributed by atoms with E-state index in [2.05, 4.69) is 29.9 Å². The number of carboxylic acids is 2. The van der Waals surface area contributed by atoms with Crippen LogP contribution in [0, 0.1) is 0 Å². The number of imidazole rings is 2. The van der Waals surface area contributed by atoms with Crippen LogP contribution in [0.2, 0.25) is 0 Å². The third kappa shape index (κ3) is 8.34. The Balaban J connectivity index is 0.000000270. The second kappa shape index (κ2) is 17.8. The van der Waals surface area contributed by atoms with Crippen LogP contribution in [0.5, 0.6) is 23.8 Å². The molecule has 0 aliphatic carbocycles. The molecule has 6 heterocycles. The van der Waals surface area contributed by atoms with Crippen molar-refractivity contribution in [3.05, 3.63) is 12.7 Å². The number of rotatable bonds is 10. The fourth-order valence-electron chi connectivity index (χ4n) is 5.15. The maximum Gasteiger partial charge on any atom is 1.00 e. The van der Waals surface area contributed by atoms with E-state index in [1.54, 1.807) is 13.8 Å². The Labute approximate surface area is 334 Å². The van der Waals surface area contributed by atoms with Gasteiger partial charge in [-0.3, -0.25) is 9.13 Å². The summed E-state index contributed by atoms with van der Waals surface area (Å²) in [6.07, 6.45) is -14.4. The van der Waals surface area contributed by atoms with Gasteiger partial charge in [0.2, 0.25) is 11.8 Å². The van der Waals surface area contributed by atoms with Crippen molar-refractivity contribution >= 4 is 34.3 Å². The number of carbonyl (C=O) groups excluding carboxylic acids is 2. The number of aliphatic hydroxyl groups is 6. The molecule has 2 aliphatic rings. The van der Waals surface area contributed by atoms with Crippen molar-refractivity contribution in [1.82, 2.24) is 39.0 Å². The molecule has 0 bridgehead atoms. The number of carboxylic acid groups (broad SMARTS) is 2. The zero-order valence-electron chi connectivity index (χ0n) is 27.8. The van der Waals surface area contributed by atoms with Gasteiger partial charge in [-0.1, -0.05) is 0 Å². The van der Waals surface area contributed by atoms with Crippen LogP contribution < -0.4 is 78.8 Å². The van der Waals surface area contributed by atoms with Gasteiger partial charge in [-0.15, -0.1) is 0 Å². The third-order valence-electron chi connectivity index (χ3n) is 7.52. The molecule has 2 fully saturated rings. The van der Waals surface area contributed by atoms with Crippen molar-refractivity contribution < 1.29 is 139 Å². The van der Waals surface area contributed by atoms with E-state index in [0.29, 0.717) is 0 Å². The van der Waals surface area contributed by atoms with E-state index in [-0.39, 0.29) is 107 Å². The van der Waals surface area contributed by atoms with E-state index in [4.69, 9.17) is 18.9 Å². The van der Waals surface area contributed by atoms with Gasteiger partial charge in [-0.2, -0.15) is 19.9 Å². The molecule has 272 valence electrons. The Morgan fingerprint density at radius 1 is 0.712 bits per heavy atom. The quantitative estimate of drug-likeness (QED) is 0.0696. The van der Waals surface area contributed by atoms with Gasteiger partial charge < -0.3 is 79.6 Å². The summed E-state index contributed by atoms with van der Waals surface area (Å²) in [5.41, 5.74) is 0.0156. The molecule has 4 aromatic rings. The predicted molar refractivity (Wildman–Crippen MR) is 150 cm³/mol. The number of nitrogens with zero attached hydrogens (tertiary/aromatic N) is 8. The zero-order chi connectivity index (χ0) is 36.6. The molecule has 0 radical (unpaired) electrons. The molecule has 2 saturated heterocycles. The van der Waals surface area contributed by atoms with Crippen LogP contribution in [-0.2, 0) is 19.1 Å². The van der Waals surface area contributed by atoms with Crippen LogP contribution in [-0.4, -0.2) is 154 Å².